The number of hydrogen-bond donors (Lipinski definition) is 1. The number of amides is 1. The van der Waals surface area contributed by atoms with Gasteiger partial charge in [-0.05, 0) is 79.7 Å². The van der Waals surface area contributed by atoms with Crippen molar-refractivity contribution in [1.29, 1.82) is 0 Å². The molecule has 1 aromatic heterocycles. The van der Waals surface area contributed by atoms with E-state index in [1.807, 2.05) is 57.2 Å². The summed E-state index contributed by atoms with van der Waals surface area (Å²) < 4.78 is 0. The monoisotopic (exact) mass is 441 g/mol. The Balaban J connectivity index is 1.79. The van der Waals surface area contributed by atoms with Gasteiger partial charge < -0.3 is 9.88 Å². The molecule has 33 heavy (non-hydrogen) atoms. The third-order valence-electron chi connectivity index (χ3n) is 5.78. The summed E-state index contributed by atoms with van der Waals surface area (Å²) >= 11 is 0. The lowest BCUT2D eigenvalue weighted by molar-refractivity contribution is -0.384. The first-order chi connectivity index (χ1) is 15.7. The van der Waals surface area contributed by atoms with Crippen molar-refractivity contribution in [2.45, 2.75) is 27.3 Å². The van der Waals surface area contributed by atoms with Crippen molar-refractivity contribution >= 4 is 28.2 Å². The molecular weight excluding hydrogens is 418 g/mol. The van der Waals surface area contributed by atoms with E-state index in [0.717, 1.165) is 27.6 Å². The number of aromatic amines is 1. The highest BCUT2D eigenvalue weighted by atomic mass is 16.6. The highest BCUT2D eigenvalue weighted by Crippen LogP contribution is 2.24. The molecule has 0 aliphatic rings. The molecule has 1 N–H and O–H groups in total. The lowest BCUT2D eigenvalue weighted by atomic mass is 10.1. The van der Waals surface area contributed by atoms with Gasteiger partial charge in [-0.3, -0.25) is 19.7 Å². The maximum absolute atomic E-state index is 13.5. The minimum atomic E-state index is -0.508. The van der Waals surface area contributed by atoms with Crippen molar-refractivity contribution in [3.05, 3.63) is 115 Å². The van der Waals surface area contributed by atoms with E-state index in [1.54, 1.807) is 6.07 Å². The zero-order chi connectivity index (χ0) is 23.7. The Bertz CT molecular complexity index is 1440. The zero-order valence-electron chi connectivity index (χ0n) is 18.6. The minimum Gasteiger partial charge on any atom is -0.322 e. The first kappa shape index (κ1) is 22.0. The van der Waals surface area contributed by atoms with Gasteiger partial charge in [0, 0.05) is 34.5 Å². The molecule has 0 unspecified atom stereocenters. The summed E-state index contributed by atoms with van der Waals surface area (Å²) in [6, 6.07) is 18.7. The molecular formula is C26H23N3O4. The molecule has 4 rings (SSSR count). The van der Waals surface area contributed by atoms with E-state index in [-0.39, 0.29) is 23.7 Å². The van der Waals surface area contributed by atoms with Crippen molar-refractivity contribution < 1.29 is 9.72 Å². The minimum absolute atomic E-state index is 0.0531. The van der Waals surface area contributed by atoms with E-state index in [0.29, 0.717) is 16.8 Å². The molecule has 7 heteroatoms. The number of fused-ring (bicyclic) bond motifs is 1. The van der Waals surface area contributed by atoms with Crippen molar-refractivity contribution in [2.75, 3.05) is 4.90 Å². The van der Waals surface area contributed by atoms with Gasteiger partial charge in [-0.1, -0.05) is 17.7 Å². The fourth-order valence-electron chi connectivity index (χ4n) is 3.71. The standard InChI is InChI=1S/C26H23N3O4/c1-16-4-11-24-20(12-16)14-21(25(30)27-24)15-28(23-8-5-17(2)18(3)13-23)26(31)19-6-9-22(10-7-19)29(32)33/h4-14H,15H2,1-3H3,(H,27,30). The predicted octanol–water partition coefficient (Wildman–Crippen LogP) is 5.21. The van der Waals surface area contributed by atoms with Crippen molar-refractivity contribution in [3.63, 3.8) is 0 Å². The molecule has 0 saturated carbocycles. The second-order valence-electron chi connectivity index (χ2n) is 8.18. The number of carbonyl (C=O) groups excluding carboxylic acids is 1. The Morgan fingerprint density at radius 1 is 0.939 bits per heavy atom. The number of nitro groups is 1. The fraction of sp³-hybridized carbons (Fsp3) is 0.154. The summed E-state index contributed by atoms with van der Waals surface area (Å²) in [5.74, 6) is -0.350. The maximum atomic E-state index is 13.5. The lowest BCUT2D eigenvalue weighted by Gasteiger charge is -2.24. The van der Waals surface area contributed by atoms with Gasteiger partial charge in [0.25, 0.3) is 17.2 Å². The van der Waals surface area contributed by atoms with E-state index in [9.17, 15) is 19.7 Å². The van der Waals surface area contributed by atoms with Crippen LogP contribution in [0.4, 0.5) is 11.4 Å². The smallest absolute Gasteiger partial charge is 0.269 e. The molecule has 0 aliphatic carbocycles. The summed E-state index contributed by atoms with van der Waals surface area (Å²) in [4.78, 5) is 41.2. The highest BCUT2D eigenvalue weighted by Gasteiger charge is 2.21. The Hall–Kier alpha value is -4.26. The summed E-state index contributed by atoms with van der Waals surface area (Å²) in [5.41, 5.74) is 4.92. The quantitative estimate of drug-likeness (QED) is 0.340. The van der Waals surface area contributed by atoms with Gasteiger partial charge in [0.1, 0.15) is 0 Å². The number of hydrogen-bond acceptors (Lipinski definition) is 4. The SMILES string of the molecule is Cc1ccc2[nH]c(=O)c(CN(C(=O)c3ccc([N+](=O)[O-])cc3)c3ccc(C)c(C)c3)cc2c1. The third-order valence-corrected chi connectivity index (χ3v) is 5.78. The van der Waals surface area contributed by atoms with E-state index < -0.39 is 4.92 Å². The van der Waals surface area contributed by atoms with Crippen LogP contribution in [0.25, 0.3) is 10.9 Å². The number of carbonyl (C=O) groups is 1. The second-order valence-corrected chi connectivity index (χ2v) is 8.18. The largest absolute Gasteiger partial charge is 0.322 e. The number of nitrogens with zero attached hydrogens (tertiary/aromatic N) is 2. The molecule has 3 aromatic carbocycles. The van der Waals surface area contributed by atoms with Crippen LogP contribution < -0.4 is 10.5 Å². The Labute approximate surface area is 190 Å². The van der Waals surface area contributed by atoms with Crippen LogP contribution in [0.1, 0.15) is 32.6 Å². The summed E-state index contributed by atoms with van der Waals surface area (Å²) in [6.45, 7) is 5.97. The molecule has 7 nitrogen and oxygen atoms in total. The lowest BCUT2D eigenvalue weighted by Crippen LogP contribution is -2.33. The number of aryl methyl sites for hydroxylation is 3. The van der Waals surface area contributed by atoms with Crippen LogP contribution in [-0.4, -0.2) is 15.8 Å². The predicted molar refractivity (Wildman–Crippen MR) is 129 cm³/mol. The van der Waals surface area contributed by atoms with Gasteiger partial charge >= 0.3 is 0 Å². The molecule has 166 valence electrons. The summed E-state index contributed by atoms with van der Waals surface area (Å²) in [7, 11) is 0. The van der Waals surface area contributed by atoms with Crippen molar-refractivity contribution in [1.82, 2.24) is 4.98 Å². The molecule has 0 fully saturated rings. The van der Waals surface area contributed by atoms with E-state index in [1.165, 1.54) is 29.2 Å². The molecule has 0 atom stereocenters. The number of anilines is 1. The van der Waals surface area contributed by atoms with Crippen LogP contribution in [-0.2, 0) is 6.54 Å². The van der Waals surface area contributed by atoms with Crippen LogP contribution in [0.15, 0.2) is 71.5 Å². The molecule has 0 bridgehead atoms. The zero-order valence-corrected chi connectivity index (χ0v) is 18.6. The van der Waals surface area contributed by atoms with Crippen LogP contribution >= 0.6 is 0 Å². The number of nitrogens with one attached hydrogen (secondary N) is 1. The molecule has 0 radical (unpaired) electrons. The fourth-order valence-corrected chi connectivity index (χ4v) is 3.71. The number of non-ortho nitro benzene ring substituents is 1. The van der Waals surface area contributed by atoms with Crippen LogP contribution in [0.2, 0.25) is 0 Å². The normalized spacial score (nSPS) is 10.9. The van der Waals surface area contributed by atoms with E-state index in [2.05, 4.69) is 4.98 Å². The molecule has 4 aromatic rings. The Morgan fingerprint density at radius 3 is 2.33 bits per heavy atom. The van der Waals surface area contributed by atoms with Gasteiger partial charge in [0.2, 0.25) is 0 Å². The van der Waals surface area contributed by atoms with Crippen molar-refractivity contribution in [3.8, 4) is 0 Å². The highest BCUT2D eigenvalue weighted by molar-refractivity contribution is 6.06. The number of rotatable bonds is 5. The first-order valence-corrected chi connectivity index (χ1v) is 10.5. The van der Waals surface area contributed by atoms with Crippen LogP contribution in [0.3, 0.4) is 0 Å². The number of benzene rings is 3. The number of H-pyrrole nitrogens is 1. The third kappa shape index (κ3) is 4.52. The molecule has 0 spiro atoms. The van der Waals surface area contributed by atoms with Gasteiger partial charge in [0.05, 0.1) is 11.5 Å². The molecule has 1 heterocycles. The average Bonchev–Trinajstić information content (AvgIpc) is 2.79. The summed E-state index contributed by atoms with van der Waals surface area (Å²) in [5, 5.41) is 11.9. The van der Waals surface area contributed by atoms with Crippen molar-refractivity contribution in [2.24, 2.45) is 0 Å². The molecule has 1 amide bonds. The number of nitro benzene ring substituents is 1. The van der Waals surface area contributed by atoms with Crippen LogP contribution in [0.5, 0.6) is 0 Å². The first-order valence-electron chi connectivity index (χ1n) is 10.5. The van der Waals surface area contributed by atoms with E-state index in [4.69, 9.17) is 0 Å². The number of pyridine rings is 1. The average molecular weight is 441 g/mol. The van der Waals surface area contributed by atoms with Gasteiger partial charge in [-0.2, -0.15) is 0 Å². The maximum Gasteiger partial charge on any atom is 0.269 e. The molecule has 0 saturated heterocycles. The summed E-state index contributed by atoms with van der Waals surface area (Å²) in [6.07, 6.45) is 0. The van der Waals surface area contributed by atoms with Gasteiger partial charge in [-0.15, -0.1) is 0 Å². The van der Waals surface area contributed by atoms with Gasteiger partial charge in [-0.25, -0.2) is 0 Å². The van der Waals surface area contributed by atoms with Crippen LogP contribution in [0, 0.1) is 30.9 Å². The Morgan fingerprint density at radius 2 is 1.67 bits per heavy atom. The second kappa shape index (κ2) is 8.70. The number of aromatic nitrogens is 1. The van der Waals surface area contributed by atoms with E-state index >= 15 is 0 Å². The topological polar surface area (TPSA) is 96.3 Å². The van der Waals surface area contributed by atoms with Gasteiger partial charge in [0.15, 0.2) is 0 Å². The Kier molecular flexibility index (Phi) is 5.79. The molecule has 0 aliphatic heterocycles.